The summed E-state index contributed by atoms with van der Waals surface area (Å²) in [6, 6.07) is 23.7. The van der Waals surface area contributed by atoms with Crippen molar-refractivity contribution in [2.24, 2.45) is 0 Å². The van der Waals surface area contributed by atoms with Crippen LogP contribution in [0.2, 0.25) is 5.02 Å². The Balaban J connectivity index is 1.78. The SMILES string of the molecule is N#C/C(=C\c1ccccc1OCc1ccccc1Br)C(=O)Nc1ccc(Cl)cc1. The number of nitrogens with one attached hydrogen (secondary N) is 1. The van der Waals surface area contributed by atoms with Gasteiger partial charge < -0.3 is 10.1 Å². The molecule has 0 unspecified atom stereocenters. The Morgan fingerprint density at radius 1 is 1.07 bits per heavy atom. The fraction of sp³-hybridized carbons (Fsp3) is 0.0435. The molecule has 0 radical (unpaired) electrons. The lowest BCUT2D eigenvalue weighted by Gasteiger charge is -2.11. The standard InChI is InChI=1S/C23H16BrClN2O2/c24-21-7-3-1-6-17(21)15-29-22-8-4-2-5-16(22)13-18(14-26)23(28)27-20-11-9-19(25)10-12-20/h1-13H,15H2,(H,27,28)/b18-13+. The molecule has 0 bridgehead atoms. The summed E-state index contributed by atoms with van der Waals surface area (Å²) in [5.74, 6) is 0.0747. The summed E-state index contributed by atoms with van der Waals surface area (Å²) < 4.78 is 6.88. The van der Waals surface area contributed by atoms with E-state index in [4.69, 9.17) is 16.3 Å². The van der Waals surface area contributed by atoms with Crippen LogP contribution in [0.5, 0.6) is 5.75 Å². The molecule has 0 saturated heterocycles. The van der Waals surface area contributed by atoms with Gasteiger partial charge in [0.1, 0.15) is 24.0 Å². The number of amides is 1. The van der Waals surface area contributed by atoms with Crippen LogP contribution < -0.4 is 10.1 Å². The van der Waals surface area contributed by atoms with Crippen LogP contribution >= 0.6 is 27.5 Å². The summed E-state index contributed by atoms with van der Waals surface area (Å²) in [5.41, 5.74) is 2.16. The van der Waals surface area contributed by atoms with Gasteiger partial charge in [0.15, 0.2) is 0 Å². The van der Waals surface area contributed by atoms with Crippen molar-refractivity contribution in [3.63, 3.8) is 0 Å². The van der Waals surface area contributed by atoms with Crippen molar-refractivity contribution in [1.29, 1.82) is 5.26 Å². The number of anilines is 1. The third-order valence-electron chi connectivity index (χ3n) is 4.03. The van der Waals surface area contributed by atoms with E-state index in [-0.39, 0.29) is 5.57 Å². The summed E-state index contributed by atoms with van der Waals surface area (Å²) in [6.45, 7) is 0.352. The normalized spacial score (nSPS) is 10.9. The van der Waals surface area contributed by atoms with Gasteiger partial charge in [0.2, 0.25) is 0 Å². The molecule has 0 saturated carbocycles. The molecule has 4 nitrogen and oxygen atoms in total. The molecule has 0 aliphatic heterocycles. The predicted molar refractivity (Wildman–Crippen MR) is 119 cm³/mol. The second-order valence-corrected chi connectivity index (χ2v) is 7.34. The maximum Gasteiger partial charge on any atom is 0.266 e. The minimum absolute atomic E-state index is 0.0307. The number of halogens is 2. The molecule has 1 N–H and O–H groups in total. The van der Waals surface area contributed by atoms with Crippen molar-refractivity contribution in [3.8, 4) is 11.8 Å². The topological polar surface area (TPSA) is 62.1 Å². The maximum atomic E-state index is 12.5. The van der Waals surface area contributed by atoms with E-state index in [0.717, 1.165) is 10.0 Å². The van der Waals surface area contributed by atoms with Gasteiger partial charge in [-0.25, -0.2) is 0 Å². The summed E-state index contributed by atoms with van der Waals surface area (Å²) in [6.07, 6.45) is 1.51. The van der Waals surface area contributed by atoms with Crippen LogP contribution in [0.15, 0.2) is 82.8 Å². The maximum absolute atomic E-state index is 12.5. The minimum atomic E-state index is -0.504. The Kier molecular flexibility index (Phi) is 7.07. The summed E-state index contributed by atoms with van der Waals surface area (Å²) in [5, 5.41) is 12.7. The van der Waals surface area contributed by atoms with Crippen LogP contribution in [0.25, 0.3) is 6.08 Å². The van der Waals surface area contributed by atoms with Crippen LogP contribution in [0.3, 0.4) is 0 Å². The van der Waals surface area contributed by atoms with Gasteiger partial charge in [0.05, 0.1) is 0 Å². The van der Waals surface area contributed by atoms with Crippen molar-refractivity contribution in [3.05, 3.63) is 99.0 Å². The molecule has 0 fully saturated rings. The number of nitriles is 1. The number of hydrogen-bond donors (Lipinski definition) is 1. The third kappa shape index (κ3) is 5.71. The second kappa shape index (κ2) is 9.92. The summed E-state index contributed by atoms with van der Waals surface area (Å²) in [7, 11) is 0. The number of para-hydroxylation sites is 1. The molecule has 0 aromatic heterocycles. The average molecular weight is 468 g/mol. The molecule has 0 aliphatic carbocycles. The first-order chi connectivity index (χ1) is 14.1. The van der Waals surface area contributed by atoms with Crippen molar-refractivity contribution in [2.75, 3.05) is 5.32 Å². The number of carbonyl (C=O) groups is 1. The monoisotopic (exact) mass is 466 g/mol. The van der Waals surface area contributed by atoms with E-state index in [1.165, 1.54) is 6.08 Å². The Hall–Kier alpha value is -3.07. The number of rotatable bonds is 6. The second-order valence-electron chi connectivity index (χ2n) is 6.05. The van der Waals surface area contributed by atoms with Crippen molar-refractivity contribution < 1.29 is 9.53 Å². The summed E-state index contributed by atoms with van der Waals surface area (Å²) in [4.78, 5) is 12.5. The fourth-order valence-corrected chi connectivity index (χ4v) is 3.06. The number of benzene rings is 3. The molecule has 6 heteroatoms. The van der Waals surface area contributed by atoms with E-state index in [1.807, 2.05) is 42.5 Å². The molecular formula is C23H16BrClN2O2. The molecule has 0 heterocycles. The zero-order valence-electron chi connectivity index (χ0n) is 15.2. The lowest BCUT2D eigenvalue weighted by molar-refractivity contribution is -0.112. The first kappa shape index (κ1) is 20.7. The smallest absolute Gasteiger partial charge is 0.266 e. The van der Waals surface area contributed by atoms with E-state index in [0.29, 0.717) is 28.6 Å². The van der Waals surface area contributed by atoms with Gasteiger partial charge in [0, 0.05) is 26.3 Å². The number of nitrogens with zero attached hydrogens (tertiary/aromatic N) is 1. The number of carbonyl (C=O) groups excluding carboxylic acids is 1. The van der Waals surface area contributed by atoms with Crippen LogP contribution in [-0.2, 0) is 11.4 Å². The van der Waals surface area contributed by atoms with Crippen molar-refractivity contribution in [2.45, 2.75) is 6.61 Å². The first-order valence-corrected chi connectivity index (χ1v) is 9.88. The van der Waals surface area contributed by atoms with Gasteiger partial charge in [-0.2, -0.15) is 5.26 Å². The molecule has 0 aliphatic rings. The van der Waals surface area contributed by atoms with Gasteiger partial charge >= 0.3 is 0 Å². The van der Waals surface area contributed by atoms with Gasteiger partial charge in [-0.05, 0) is 42.5 Å². The largest absolute Gasteiger partial charge is 0.488 e. The highest BCUT2D eigenvalue weighted by atomic mass is 79.9. The quantitative estimate of drug-likeness (QED) is 0.345. The molecule has 3 aromatic carbocycles. The van der Waals surface area contributed by atoms with E-state index in [1.54, 1.807) is 36.4 Å². The van der Waals surface area contributed by atoms with Crippen LogP contribution in [-0.4, -0.2) is 5.91 Å². The summed E-state index contributed by atoms with van der Waals surface area (Å²) >= 11 is 9.35. The molecule has 0 atom stereocenters. The molecular weight excluding hydrogens is 452 g/mol. The third-order valence-corrected chi connectivity index (χ3v) is 5.05. The van der Waals surface area contributed by atoms with Gasteiger partial charge in [0.25, 0.3) is 5.91 Å². The Morgan fingerprint density at radius 3 is 2.48 bits per heavy atom. The predicted octanol–water partition coefficient (Wildman–Crippen LogP) is 6.23. The Morgan fingerprint density at radius 2 is 1.76 bits per heavy atom. The average Bonchev–Trinajstić information content (AvgIpc) is 2.73. The molecule has 1 amide bonds. The zero-order valence-corrected chi connectivity index (χ0v) is 17.6. The van der Waals surface area contributed by atoms with Gasteiger partial charge in [-0.15, -0.1) is 0 Å². The molecule has 29 heavy (non-hydrogen) atoms. The lowest BCUT2D eigenvalue weighted by Crippen LogP contribution is -2.13. The van der Waals surface area contributed by atoms with Crippen LogP contribution in [0.1, 0.15) is 11.1 Å². The van der Waals surface area contributed by atoms with Crippen LogP contribution in [0.4, 0.5) is 5.69 Å². The zero-order chi connectivity index (χ0) is 20.6. The van der Waals surface area contributed by atoms with E-state index in [2.05, 4.69) is 21.2 Å². The number of hydrogen-bond acceptors (Lipinski definition) is 3. The van der Waals surface area contributed by atoms with E-state index < -0.39 is 5.91 Å². The highest BCUT2D eigenvalue weighted by molar-refractivity contribution is 9.10. The lowest BCUT2D eigenvalue weighted by atomic mass is 10.1. The van der Waals surface area contributed by atoms with Crippen LogP contribution in [0, 0.1) is 11.3 Å². The van der Waals surface area contributed by atoms with E-state index >= 15 is 0 Å². The van der Waals surface area contributed by atoms with Gasteiger partial charge in [-0.3, -0.25) is 4.79 Å². The molecule has 144 valence electrons. The van der Waals surface area contributed by atoms with Crippen molar-refractivity contribution >= 4 is 45.2 Å². The first-order valence-electron chi connectivity index (χ1n) is 8.71. The minimum Gasteiger partial charge on any atom is -0.488 e. The molecule has 0 spiro atoms. The van der Waals surface area contributed by atoms with E-state index in [9.17, 15) is 10.1 Å². The Bertz CT molecular complexity index is 1090. The molecule has 3 rings (SSSR count). The van der Waals surface area contributed by atoms with Gasteiger partial charge in [-0.1, -0.05) is 63.9 Å². The molecule has 3 aromatic rings. The Labute approximate surface area is 182 Å². The number of ether oxygens (including phenoxy) is 1. The highest BCUT2D eigenvalue weighted by Crippen LogP contribution is 2.24. The highest BCUT2D eigenvalue weighted by Gasteiger charge is 2.12. The van der Waals surface area contributed by atoms with Crippen molar-refractivity contribution in [1.82, 2.24) is 0 Å². The fourth-order valence-electron chi connectivity index (χ4n) is 2.54.